The number of fused-ring (bicyclic) bond motifs is 13. The molecule has 10 aromatic carbocycles. The zero-order valence-electron chi connectivity index (χ0n) is 37.7. The largest absolute Gasteiger partial charge is 0.452 e. The van der Waals surface area contributed by atoms with Crippen LogP contribution in [0.15, 0.2) is 241 Å². The second-order valence-electron chi connectivity index (χ2n) is 18.1. The van der Waals surface area contributed by atoms with Crippen molar-refractivity contribution in [1.29, 1.82) is 0 Å². The van der Waals surface area contributed by atoms with E-state index in [1.165, 1.54) is 16.3 Å². The average Bonchev–Trinajstić information content (AvgIpc) is 4.18. The van der Waals surface area contributed by atoms with Crippen molar-refractivity contribution < 1.29 is 4.42 Å². The second-order valence-corrected chi connectivity index (χ2v) is 18.1. The van der Waals surface area contributed by atoms with Gasteiger partial charge in [-0.3, -0.25) is 4.57 Å². The molecule has 0 saturated heterocycles. The van der Waals surface area contributed by atoms with E-state index in [9.17, 15) is 0 Å². The van der Waals surface area contributed by atoms with Gasteiger partial charge in [-0.2, -0.15) is 0 Å². The van der Waals surface area contributed by atoms with Crippen LogP contribution < -0.4 is 0 Å². The number of para-hydroxylation sites is 5. The van der Waals surface area contributed by atoms with Crippen LogP contribution in [0.5, 0.6) is 0 Å². The van der Waals surface area contributed by atoms with Crippen LogP contribution in [-0.4, -0.2) is 23.7 Å². The van der Waals surface area contributed by atoms with Crippen LogP contribution in [0.2, 0.25) is 0 Å². The molecule has 326 valence electrons. The Balaban J connectivity index is 1.09. The lowest BCUT2D eigenvalue weighted by Crippen LogP contribution is -2.03. The summed E-state index contributed by atoms with van der Waals surface area (Å²) in [6, 6.07) is 84.4. The Bertz CT molecular complexity index is 4560. The zero-order valence-corrected chi connectivity index (χ0v) is 37.7. The first-order valence-electron chi connectivity index (χ1n) is 23.7. The first kappa shape index (κ1) is 38.6. The summed E-state index contributed by atoms with van der Waals surface area (Å²) in [7, 11) is 0. The number of furan rings is 1. The van der Waals surface area contributed by atoms with Gasteiger partial charge in [0.15, 0.2) is 5.58 Å². The third kappa shape index (κ3) is 5.62. The molecule has 70 heavy (non-hydrogen) atoms. The van der Waals surface area contributed by atoms with Gasteiger partial charge >= 0.3 is 0 Å². The smallest absolute Gasteiger partial charge is 0.236 e. The van der Waals surface area contributed by atoms with Gasteiger partial charge in [0, 0.05) is 60.2 Å². The normalized spacial score (nSPS) is 12.0. The van der Waals surface area contributed by atoms with Crippen molar-refractivity contribution in [3.63, 3.8) is 0 Å². The summed E-state index contributed by atoms with van der Waals surface area (Å²) in [5.74, 6) is 0.575. The Kier molecular flexibility index (Phi) is 8.26. The molecule has 0 atom stereocenters. The number of rotatable bonds is 6. The molecule has 0 bridgehead atoms. The van der Waals surface area contributed by atoms with Crippen molar-refractivity contribution in [3.05, 3.63) is 237 Å². The van der Waals surface area contributed by atoms with E-state index in [0.717, 1.165) is 111 Å². The number of nitrogens with zero attached hydrogens (tertiary/aromatic N) is 5. The van der Waals surface area contributed by atoms with Gasteiger partial charge in [0.05, 0.1) is 33.1 Å². The van der Waals surface area contributed by atoms with Crippen LogP contribution in [-0.2, 0) is 0 Å². The summed E-state index contributed by atoms with van der Waals surface area (Å²) in [4.78, 5) is 11.2. The third-order valence-electron chi connectivity index (χ3n) is 14.2. The Labute approximate surface area is 401 Å². The van der Waals surface area contributed by atoms with Crippen molar-refractivity contribution in [2.75, 3.05) is 0 Å². The van der Waals surface area contributed by atoms with E-state index >= 15 is 0 Å². The second kappa shape index (κ2) is 15.0. The number of hydrogen-bond donors (Lipinski definition) is 0. The molecule has 0 aliphatic carbocycles. The first-order chi connectivity index (χ1) is 34.7. The highest BCUT2D eigenvalue weighted by atomic mass is 16.3. The highest BCUT2D eigenvalue weighted by Gasteiger charge is 2.27. The van der Waals surface area contributed by atoms with Gasteiger partial charge in [-0.05, 0) is 89.5 Å². The molecule has 6 heteroatoms. The molecule has 0 amide bonds. The molecule has 15 aromatic rings. The van der Waals surface area contributed by atoms with Gasteiger partial charge < -0.3 is 13.6 Å². The molecule has 5 heterocycles. The quantitative estimate of drug-likeness (QED) is 0.167. The number of benzene rings is 10. The summed E-state index contributed by atoms with van der Waals surface area (Å²) in [5.41, 5.74) is 17.3. The van der Waals surface area contributed by atoms with Crippen LogP contribution in [0.1, 0.15) is 0 Å². The number of hydrogen-bond acceptors (Lipinski definition) is 3. The van der Waals surface area contributed by atoms with Gasteiger partial charge in [-0.15, -0.1) is 0 Å². The molecule has 6 nitrogen and oxygen atoms in total. The van der Waals surface area contributed by atoms with Crippen LogP contribution in [0.25, 0.3) is 138 Å². The third-order valence-corrected chi connectivity index (χ3v) is 14.2. The maximum Gasteiger partial charge on any atom is 0.236 e. The summed E-state index contributed by atoms with van der Waals surface area (Å²) < 4.78 is 13.9. The van der Waals surface area contributed by atoms with Gasteiger partial charge in [0.2, 0.25) is 5.95 Å². The van der Waals surface area contributed by atoms with Crippen LogP contribution in [0.4, 0.5) is 0 Å². The van der Waals surface area contributed by atoms with Crippen molar-refractivity contribution in [3.8, 4) is 50.8 Å². The molecule has 0 spiro atoms. The van der Waals surface area contributed by atoms with Crippen molar-refractivity contribution in [1.82, 2.24) is 23.7 Å². The molecule has 0 aliphatic rings. The average molecular weight is 894 g/mol. The lowest BCUT2D eigenvalue weighted by atomic mass is 9.97. The molecular weight excluding hydrogens is 855 g/mol. The summed E-state index contributed by atoms with van der Waals surface area (Å²) in [6.07, 6.45) is 0. The van der Waals surface area contributed by atoms with E-state index in [4.69, 9.17) is 14.4 Å². The molecular formula is C64H39N5O. The van der Waals surface area contributed by atoms with E-state index in [-0.39, 0.29) is 0 Å². The fraction of sp³-hybridized carbons (Fsp3) is 0. The molecule has 0 fully saturated rings. The van der Waals surface area contributed by atoms with Crippen molar-refractivity contribution in [2.45, 2.75) is 0 Å². The minimum absolute atomic E-state index is 0.575. The maximum absolute atomic E-state index is 6.77. The summed E-state index contributed by atoms with van der Waals surface area (Å²) in [6.45, 7) is 0. The molecule has 0 unspecified atom stereocenters. The first-order valence-corrected chi connectivity index (χ1v) is 23.7. The molecule has 5 aromatic heterocycles. The fourth-order valence-electron chi connectivity index (χ4n) is 11.2. The van der Waals surface area contributed by atoms with Gasteiger partial charge in [-0.25, -0.2) is 9.97 Å². The zero-order chi connectivity index (χ0) is 45.9. The standard InChI is InChI=1S/C64H39N5O/c1-5-19-40(20-6-1)42-34-36-57-52(37-42)60-63(70-57)59(41-21-7-2-8-22-41)65-64(66-60)69-54-31-17-14-28-47(54)51-39-49(61-58(62(51)69)48-29-15-18-32-55(48)68(61)45-25-11-4-12-26-45)43-33-35-56-50(38-43)46-27-13-16-30-53(46)67(56)44-23-9-3-10-24-44/h1-39H. The predicted octanol–water partition coefficient (Wildman–Crippen LogP) is 16.7. The summed E-state index contributed by atoms with van der Waals surface area (Å²) >= 11 is 0. The maximum atomic E-state index is 6.77. The molecule has 0 aliphatic heterocycles. The van der Waals surface area contributed by atoms with E-state index in [1.54, 1.807) is 0 Å². The van der Waals surface area contributed by atoms with E-state index in [1.807, 2.05) is 12.1 Å². The van der Waals surface area contributed by atoms with Crippen molar-refractivity contribution >= 4 is 87.5 Å². The molecule has 0 saturated carbocycles. The molecule has 15 rings (SSSR count). The number of aromatic nitrogens is 5. The van der Waals surface area contributed by atoms with Gasteiger partial charge in [0.1, 0.15) is 16.8 Å². The fourth-order valence-corrected chi connectivity index (χ4v) is 11.2. The Hall–Kier alpha value is -9.52. The molecule has 0 N–H and O–H groups in total. The lowest BCUT2D eigenvalue weighted by Gasteiger charge is -2.14. The Morgan fingerprint density at radius 2 is 0.857 bits per heavy atom. The summed E-state index contributed by atoms with van der Waals surface area (Å²) in [5, 5.41) is 7.86. The van der Waals surface area contributed by atoms with Crippen molar-refractivity contribution in [2.24, 2.45) is 0 Å². The monoisotopic (exact) mass is 893 g/mol. The van der Waals surface area contributed by atoms with Gasteiger partial charge in [0.25, 0.3) is 0 Å². The SMILES string of the molecule is c1ccc(-c2ccc3oc4c(-c5ccccc5)nc(-n5c6ccccc6c6cc(-c7ccc8c(c7)c7ccccc7n8-c7ccccc7)c7c(c8ccccc8n7-c7ccccc7)c65)nc4c3c2)cc1. The lowest BCUT2D eigenvalue weighted by molar-refractivity contribution is 0.666. The highest BCUT2D eigenvalue weighted by molar-refractivity contribution is 6.29. The van der Waals surface area contributed by atoms with Crippen LogP contribution in [0.3, 0.4) is 0 Å². The highest BCUT2D eigenvalue weighted by Crippen LogP contribution is 2.48. The van der Waals surface area contributed by atoms with Crippen LogP contribution in [0, 0.1) is 0 Å². The van der Waals surface area contributed by atoms with E-state index < -0.39 is 0 Å². The minimum atomic E-state index is 0.575. The Morgan fingerprint density at radius 3 is 1.56 bits per heavy atom. The minimum Gasteiger partial charge on any atom is -0.452 e. The van der Waals surface area contributed by atoms with E-state index in [0.29, 0.717) is 11.5 Å². The van der Waals surface area contributed by atoms with E-state index in [2.05, 4.69) is 238 Å². The predicted molar refractivity (Wildman–Crippen MR) is 289 cm³/mol. The molecule has 0 radical (unpaired) electrons. The Morgan fingerprint density at radius 1 is 0.329 bits per heavy atom. The van der Waals surface area contributed by atoms with Gasteiger partial charge in [-0.1, -0.05) is 164 Å². The topological polar surface area (TPSA) is 53.7 Å². The van der Waals surface area contributed by atoms with Crippen LogP contribution >= 0.6 is 0 Å².